The molecule has 1 saturated heterocycles. The van der Waals surface area contributed by atoms with E-state index in [0.29, 0.717) is 17.9 Å². The van der Waals surface area contributed by atoms with Crippen LogP contribution in [0.5, 0.6) is 0 Å². The highest BCUT2D eigenvalue weighted by atomic mass is 16.5. The Morgan fingerprint density at radius 1 is 1.44 bits per heavy atom. The fraction of sp³-hybridized carbons (Fsp3) is 0.917. The van der Waals surface area contributed by atoms with E-state index in [1.807, 2.05) is 7.05 Å². The third kappa shape index (κ3) is 4.39. The summed E-state index contributed by atoms with van der Waals surface area (Å²) in [6.07, 6.45) is 1.16. The minimum atomic E-state index is 0.436. The fourth-order valence-corrected chi connectivity index (χ4v) is 1.56. The molecule has 16 heavy (non-hydrogen) atoms. The van der Waals surface area contributed by atoms with Crippen molar-refractivity contribution in [2.75, 3.05) is 26.8 Å². The van der Waals surface area contributed by atoms with Crippen LogP contribution in [0.15, 0.2) is 4.99 Å². The minimum absolute atomic E-state index is 0.436. The van der Waals surface area contributed by atoms with Crippen LogP contribution >= 0.6 is 0 Å². The van der Waals surface area contributed by atoms with Crippen molar-refractivity contribution in [2.24, 2.45) is 16.8 Å². The van der Waals surface area contributed by atoms with Crippen LogP contribution in [-0.2, 0) is 4.74 Å². The van der Waals surface area contributed by atoms with Gasteiger partial charge in [-0.25, -0.2) is 0 Å². The summed E-state index contributed by atoms with van der Waals surface area (Å²) in [5, 5.41) is 6.74. The summed E-state index contributed by atoms with van der Waals surface area (Å²) in [7, 11) is 1.81. The van der Waals surface area contributed by atoms with Crippen molar-refractivity contribution in [3.63, 3.8) is 0 Å². The van der Waals surface area contributed by atoms with Gasteiger partial charge in [0, 0.05) is 32.2 Å². The van der Waals surface area contributed by atoms with Gasteiger partial charge in [-0.3, -0.25) is 4.99 Å². The van der Waals surface area contributed by atoms with Gasteiger partial charge in [-0.15, -0.1) is 0 Å². The molecule has 1 aliphatic rings. The van der Waals surface area contributed by atoms with Gasteiger partial charge in [0.25, 0.3) is 0 Å². The van der Waals surface area contributed by atoms with E-state index in [2.05, 4.69) is 36.4 Å². The first-order chi connectivity index (χ1) is 7.63. The van der Waals surface area contributed by atoms with Crippen molar-refractivity contribution in [3.8, 4) is 0 Å². The van der Waals surface area contributed by atoms with Gasteiger partial charge in [0.2, 0.25) is 0 Å². The van der Waals surface area contributed by atoms with Gasteiger partial charge >= 0.3 is 0 Å². The van der Waals surface area contributed by atoms with Gasteiger partial charge in [-0.1, -0.05) is 13.8 Å². The maximum absolute atomic E-state index is 5.34. The first-order valence-corrected chi connectivity index (χ1v) is 6.18. The summed E-state index contributed by atoms with van der Waals surface area (Å²) in [5.74, 6) is 2.13. The number of nitrogens with one attached hydrogen (secondary N) is 2. The molecule has 2 atom stereocenters. The Bertz CT molecular complexity index is 222. The van der Waals surface area contributed by atoms with Crippen molar-refractivity contribution in [1.82, 2.24) is 10.6 Å². The van der Waals surface area contributed by atoms with E-state index >= 15 is 0 Å². The highest BCUT2D eigenvalue weighted by Crippen LogP contribution is 2.10. The molecule has 94 valence electrons. The van der Waals surface area contributed by atoms with Crippen LogP contribution in [0.1, 0.15) is 27.2 Å². The first kappa shape index (κ1) is 13.3. The van der Waals surface area contributed by atoms with Crippen LogP contribution in [0.25, 0.3) is 0 Å². The summed E-state index contributed by atoms with van der Waals surface area (Å²) >= 11 is 0. The molecule has 0 radical (unpaired) electrons. The molecule has 2 N–H and O–H groups in total. The zero-order valence-corrected chi connectivity index (χ0v) is 10.9. The Hall–Kier alpha value is -0.770. The average Bonchev–Trinajstić information content (AvgIpc) is 2.76. The molecule has 0 bridgehead atoms. The monoisotopic (exact) mass is 227 g/mol. The zero-order chi connectivity index (χ0) is 12.0. The van der Waals surface area contributed by atoms with Crippen molar-refractivity contribution in [2.45, 2.75) is 33.2 Å². The van der Waals surface area contributed by atoms with Gasteiger partial charge in [-0.05, 0) is 19.3 Å². The molecule has 4 nitrogen and oxygen atoms in total. The fourth-order valence-electron chi connectivity index (χ4n) is 1.56. The highest BCUT2D eigenvalue weighted by Gasteiger charge is 2.16. The van der Waals surface area contributed by atoms with Crippen LogP contribution in [-0.4, -0.2) is 38.8 Å². The molecule has 0 amide bonds. The number of hydrogen-bond acceptors (Lipinski definition) is 2. The lowest BCUT2D eigenvalue weighted by molar-refractivity contribution is 0.186. The molecule has 4 heteroatoms. The Kier molecular flexibility index (Phi) is 5.60. The summed E-state index contributed by atoms with van der Waals surface area (Å²) < 4.78 is 5.34. The molecule has 1 rings (SSSR count). The van der Waals surface area contributed by atoms with Gasteiger partial charge < -0.3 is 15.4 Å². The molecule has 1 fully saturated rings. The number of rotatable bonds is 4. The van der Waals surface area contributed by atoms with Crippen molar-refractivity contribution in [3.05, 3.63) is 0 Å². The Morgan fingerprint density at radius 3 is 2.69 bits per heavy atom. The molecule has 2 unspecified atom stereocenters. The average molecular weight is 227 g/mol. The second-order valence-electron chi connectivity index (χ2n) is 4.86. The van der Waals surface area contributed by atoms with Crippen molar-refractivity contribution in [1.29, 1.82) is 0 Å². The van der Waals surface area contributed by atoms with Crippen LogP contribution in [0, 0.1) is 11.8 Å². The zero-order valence-electron chi connectivity index (χ0n) is 10.9. The molecule has 0 aromatic heterocycles. The Morgan fingerprint density at radius 2 is 2.19 bits per heavy atom. The summed E-state index contributed by atoms with van der Waals surface area (Å²) in [6, 6.07) is 0.436. The second kappa shape index (κ2) is 6.74. The molecular weight excluding hydrogens is 202 g/mol. The number of hydrogen-bond donors (Lipinski definition) is 2. The van der Waals surface area contributed by atoms with E-state index < -0.39 is 0 Å². The topological polar surface area (TPSA) is 45.7 Å². The molecule has 1 heterocycles. The minimum Gasteiger partial charge on any atom is -0.381 e. The molecule has 1 aliphatic heterocycles. The van der Waals surface area contributed by atoms with Gasteiger partial charge in [0.15, 0.2) is 5.96 Å². The molecule has 0 spiro atoms. The van der Waals surface area contributed by atoms with Crippen LogP contribution in [0.4, 0.5) is 0 Å². The van der Waals surface area contributed by atoms with E-state index in [0.717, 1.165) is 32.1 Å². The Labute approximate surface area is 98.9 Å². The van der Waals surface area contributed by atoms with E-state index in [9.17, 15) is 0 Å². The van der Waals surface area contributed by atoms with Gasteiger partial charge in [-0.2, -0.15) is 0 Å². The van der Waals surface area contributed by atoms with Crippen LogP contribution < -0.4 is 10.6 Å². The third-order valence-corrected chi connectivity index (χ3v) is 3.17. The van der Waals surface area contributed by atoms with Gasteiger partial charge in [0.1, 0.15) is 0 Å². The maximum Gasteiger partial charge on any atom is 0.191 e. The SMILES string of the molecule is CN=C(NCC1CCOC1)NC(C)C(C)C. The predicted molar refractivity (Wildman–Crippen MR) is 67.7 cm³/mol. The number of aliphatic imine (C=N–C) groups is 1. The normalized spacial score (nSPS) is 23.6. The van der Waals surface area contributed by atoms with E-state index in [1.165, 1.54) is 0 Å². The number of ether oxygens (including phenoxy) is 1. The first-order valence-electron chi connectivity index (χ1n) is 6.18. The number of nitrogens with zero attached hydrogens (tertiary/aromatic N) is 1. The van der Waals surface area contributed by atoms with Crippen molar-refractivity contribution >= 4 is 5.96 Å². The molecule has 0 aliphatic carbocycles. The molecule has 0 aromatic rings. The third-order valence-electron chi connectivity index (χ3n) is 3.17. The molecule has 0 aromatic carbocycles. The van der Waals surface area contributed by atoms with Crippen LogP contribution in [0.3, 0.4) is 0 Å². The standard InChI is InChI=1S/C12H25N3O/c1-9(2)10(3)15-12(13-4)14-7-11-5-6-16-8-11/h9-11H,5-8H2,1-4H3,(H2,13,14,15). The lowest BCUT2D eigenvalue weighted by Gasteiger charge is -2.21. The lowest BCUT2D eigenvalue weighted by Crippen LogP contribution is -2.45. The van der Waals surface area contributed by atoms with Gasteiger partial charge in [0.05, 0.1) is 6.61 Å². The lowest BCUT2D eigenvalue weighted by atomic mass is 10.1. The highest BCUT2D eigenvalue weighted by molar-refractivity contribution is 5.79. The summed E-state index contributed by atoms with van der Waals surface area (Å²) in [5.41, 5.74) is 0. The summed E-state index contributed by atoms with van der Waals surface area (Å²) in [6.45, 7) is 9.32. The summed E-state index contributed by atoms with van der Waals surface area (Å²) in [4.78, 5) is 4.22. The quantitative estimate of drug-likeness (QED) is 0.561. The maximum atomic E-state index is 5.34. The van der Waals surface area contributed by atoms with E-state index in [-0.39, 0.29) is 0 Å². The largest absolute Gasteiger partial charge is 0.381 e. The van der Waals surface area contributed by atoms with E-state index in [1.54, 1.807) is 0 Å². The number of guanidine groups is 1. The van der Waals surface area contributed by atoms with Crippen LogP contribution in [0.2, 0.25) is 0 Å². The predicted octanol–water partition coefficient (Wildman–Crippen LogP) is 1.23. The second-order valence-corrected chi connectivity index (χ2v) is 4.86. The molecule has 0 saturated carbocycles. The van der Waals surface area contributed by atoms with Crippen molar-refractivity contribution < 1.29 is 4.74 Å². The van der Waals surface area contributed by atoms with E-state index in [4.69, 9.17) is 4.74 Å². The smallest absolute Gasteiger partial charge is 0.191 e. The molecular formula is C12H25N3O. The Balaban J connectivity index is 2.26.